The number of primary sulfonamides is 1. The van der Waals surface area contributed by atoms with E-state index in [1.807, 2.05) is 13.0 Å². The van der Waals surface area contributed by atoms with Crippen molar-refractivity contribution < 1.29 is 22.3 Å². The van der Waals surface area contributed by atoms with Gasteiger partial charge < -0.3 is 20.1 Å². The van der Waals surface area contributed by atoms with E-state index in [-0.39, 0.29) is 11.6 Å². The Morgan fingerprint density at radius 3 is 2.71 bits per heavy atom. The Hall–Kier alpha value is -3.71. The van der Waals surface area contributed by atoms with Crippen LogP contribution in [0.15, 0.2) is 54.9 Å². The zero-order valence-electron chi connectivity index (χ0n) is 23.2. The summed E-state index contributed by atoms with van der Waals surface area (Å²) >= 11 is 0. The second-order valence-electron chi connectivity index (χ2n) is 10.7. The molecule has 0 aliphatic carbocycles. The molecule has 2 aliphatic rings. The third-order valence-corrected chi connectivity index (χ3v) is 9.06. The fourth-order valence-corrected chi connectivity index (χ4v) is 7.02. The van der Waals surface area contributed by atoms with Crippen molar-refractivity contribution in [1.29, 1.82) is 0 Å². The van der Waals surface area contributed by atoms with Crippen LogP contribution >= 0.6 is 0 Å². The minimum Gasteiger partial charge on any atom is -0.437 e. The number of nitrogens with one attached hydrogen (secondary N) is 2. The van der Waals surface area contributed by atoms with E-state index in [4.69, 9.17) is 19.6 Å². The van der Waals surface area contributed by atoms with E-state index < -0.39 is 27.2 Å². The van der Waals surface area contributed by atoms with Gasteiger partial charge in [-0.1, -0.05) is 12.1 Å². The second-order valence-corrected chi connectivity index (χ2v) is 12.4. The number of sulfonamides is 1. The van der Waals surface area contributed by atoms with E-state index in [0.29, 0.717) is 59.1 Å². The summed E-state index contributed by atoms with van der Waals surface area (Å²) in [5.41, 5.74) is 2.01. The maximum atomic E-state index is 15.5. The monoisotopic (exact) mass is 592 g/mol. The van der Waals surface area contributed by atoms with Crippen molar-refractivity contribution in [3.8, 4) is 22.9 Å². The number of fused-ring (bicyclic) bond motifs is 1. The lowest BCUT2D eigenvalue weighted by atomic mass is 9.95. The molecule has 4 aromatic rings. The molecule has 1 unspecified atom stereocenters. The highest BCUT2D eigenvalue weighted by Gasteiger charge is 2.38. The smallest absolute Gasteiger partial charge is 0.228 e. The molecule has 0 saturated carbocycles. The Morgan fingerprint density at radius 1 is 1.10 bits per heavy atom. The van der Waals surface area contributed by atoms with E-state index in [9.17, 15) is 8.42 Å². The molecular formula is C30H33FN6O4S. The molecule has 2 aliphatic heterocycles. The average Bonchev–Trinajstić information content (AvgIpc) is 3.50. The lowest BCUT2D eigenvalue weighted by molar-refractivity contribution is 0.106. The Morgan fingerprint density at radius 2 is 1.95 bits per heavy atom. The molecular weight excluding hydrogens is 559 g/mol. The highest BCUT2D eigenvalue weighted by atomic mass is 32.2. The van der Waals surface area contributed by atoms with Gasteiger partial charge in [-0.3, -0.25) is 0 Å². The first kappa shape index (κ1) is 28.4. The van der Waals surface area contributed by atoms with Crippen molar-refractivity contribution in [2.75, 3.05) is 25.0 Å². The lowest BCUT2D eigenvalue weighted by Gasteiger charge is -2.24. The summed E-state index contributed by atoms with van der Waals surface area (Å²) in [6.45, 7) is 4.12. The Bertz CT molecular complexity index is 1710. The van der Waals surface area contributed by atoms with Gasteiger partial charge in [0.2, 0.25) is 21.9 Å². The third kappa shape index (κ3) is 5.80. The van der Waals surface area contributed by atoms with Crippen LogP contribution in [0.25, 0.3) is 22.0 Å². The van der Waals surface area contributed by atoms with Crippen LogP contribution in [-0.2, 0) is 14.8 Å². The maximum Gasteiger partial charge on any atom is 0.228 e. The van der Waals surface area contributed by atoms with Gasteiger partial charge >= 0.3 is 0 Å². The highest BCUT2D eigenvalue weighted by molar-refractivity contribution is 7.89. The Kier molecular flexibility index (Phi) is 8.04. The molecule has 10 nitrogen and oxygen atoms in total. The molecule has 2 aromatic carbocycles. The van der Waals surface area contributed by atoms with Crippen molar-refractivity contribution in [2.24, 2.45) is 5.14 Å². The first-order chi connectivity index (χ1) is 20.3. The summed E-state index contributed by atoms with van der Waals surface area (Å²) < 4.78 is 53.1. The van der Waals surface area contributed by atoms with Crippen LogP contribution in [0, 0.1) is 12.7 Å². The molecule has 12 heteroatoms. The molecule has 0 spiro atoms. The molecule has 42 heavy (non-hydrogen) atoms. The number of halogens is 1. The van der Waals surface area contributed by atoms with Gasteiger partial charge in [-0.05, 0) is 80.4 Å². The molecule has 6 rings (SSSR count). The number of hydrogen-bond acceptors (Lipinski definition) is 9. The van der Waals surface area contributed by atoms with Crippen LogP contribution in [0.4, 0.5) is 10.3 Å². The van der Waals surface area contributed by atoms with Crippen LogP contribution in [-0.4, -0.2) is 55.2 Å². The topological polar surface area (TPSA) is 141 Å². The molecule has 220 valence electrons. The van der Waals surface area contributed by atoms with Crippen molar-refractivity contribution in [1.82, 2.24) is 20.3 Å². The van der Waals surface area contributed by atoms with Crippen molar-refractivity contribution in [3.05, 3.63) is 71.8 Å². The van der Waals surface area contributed by atoms with Crippen LogP contribution in [0.2, 0.25) is 0 Å². The minimum absolute atomic E-state index is 0.0169. The maximum absolute atomic E-state index is 15.5. The highest BCUT2D eigenvalue weighted by Crippen LogP contribution is 2.42. The largest absolute Gasteiger partial charge is 0.437 e. The third-order valence-electron chi connectivity index (χ3n) is 7.81. The average molecular weight is 593 g/mol. The van der Waals surface area contributed by atoms with Crippen LogP contribution < -0.4 is 20.5 Å². The van der Waals surface area contributed by atoms with Crippen molar-refractivity contribution in [2.45, 2.75) is 50.0 Å². The zero-order chi connectivity index (χ0) is 29.3. The SMILES string of the molecule is Cc1ccc2c(C([C@@H]3CCCO3)S(N)(=O)=O)c(F)ccc2c1Oc1ncccc1-c1ccnc(N[C@H]2CCCNC2)n1. The van der Waals surface area contributed by atoms with E-state index in [2.05, 4.69) is 20.6 Å². The standard InChI is InChI=1S/C30H33FN6O4S/c1-18-8-9-20-21(10-11-23(31)26(20)28(42(32,38)39)25-7-4-16-40-25)27(18)41-29-22(6-3-14-34-29)24-12-15-35-30(37-24)36-19-5-2-13-33-17-19/h3,6,8-12,14-15,19,25,28,33H,2,4-5,7,13,16-17H2,1H3,(H2,32,38,39)(H,35,36,37)/t19-,25-,28?/m0/s1. The molecule has 2 aromatic heterocycles. The minimum atomic E-state index is -4.20. The fourth-order valence-electron chi connectivity index (χ4n) is 5.81. The zero-order valence-corrected chi connectivity index (χ0v) is 24.0. The molecule has 3 atom stereocenters. The van der Waals surface area contributed by atoms with Gasteiger partial charge in [0.05, 0.1) is 17.4 Å². The van der Waals surface area contributed by atoms with Gasteiger partial charge in [-0.2, -0.15) is 0 Å². The molecule has 0 bridgehead atoms. The predicted molar refractivity (Wildman–Crippen MR) is 158 cm³/mol. The number of aromatic nitrogens is 3. The van der Waals surface area contributed by atoms with Crippen LogP contribution in [0.1, 0.15) is 42.1 Å². The van der Waals surface area contributed by atoms with Gasteiger partial charge in [0, 0.05) is 42.5 Å². The summed E-state index contributed by atoms with van der Waals surface area (Å²) in [4.78, 5) is 13.6. The number of rotatable bonds is 8. The summed E-state index contributed by atoms with van der Waals surface area (Å²) in [6, 6.07) is 12.0. The fraction of sp³-hybridized carbons (Fsp3) is 0.367. The normalized spacial score (nSPS) is 20.0. The van der Waals surface area contributed by atoms with Crippen LogP contribution in [0.3, 0.4) is 0 Å². The first-order valence-electron chi connectivity index (χ1n) is 14.1. The molecule has 2 fully saturated rings. The number of anilines is 1. The van der Waals surface area contributed by atoms with Crippen LogP contribution in [0.5, 0.6) is 11.6 Å². The molecule has 2 saturated heterocycles. The number of aryl methyl sites for hydroxylation is 1. The van der Waals surface area contributed by atoms with E-state index in [0.717, 1.165) is 31.5 Å². The number of benzene rings is 2. The van der Waals surface area contributed by atoms with Crippen molar-refractivity contribution >= 4 is 26.7 Å². The number of piperidine rings is 1. The quantitative estimate of drug-likeness (QED) is 0.268. The summed E-state index contributed by atoms with van der Waals surface area (Å²) in [6.07, 6.45) is 5.83. The van der Waals surface area contributed by atoms with E-state index in [1.54, 1.807) is 42.7 Å². The van der Waals surface area contributed by atoms with Gasteiger partial charge in [-0.15, -0.1) is 0 Å². The first-order valence-corrected chi connectivity index (χ1v) is 15.7. The summed E-state index contributed by atoms with van der Waals surface area (Å²) in [5, 5.41) is 12.0. The molecule has 4 N–H and O–H groups in total. The van der Waals surface area contributed by atoms with Gasteiger partial charge in [0.15, 0.2) is 0 Å². The van der Waals surface area contributed by atoms with E-state index >= 15 is 4.39 Å². The predicted octanol–water partition coefficient (Wildman–Crippen LogP) is 4.60. The lowest BCUT2D eigenvalue weighted by Crippen LogP contribution is -2.38. The Balaban J connectivity index is 1.40. The van der Waals surface area contributed by atoms with Crippen molar-refractivity contribution in [3.63, 3.8) is 0 Å². The molecule has 0 radical (unpaired) electrons. The summed E-state index contributed by atoms with van der Waals surface area (Å²) in [5.74, 6) is 0.570. The number of ether oxygens (including phenoxy) is 2. The summed E-state index contributed by atoms with van der Waals surface area (Å²) in [7, 11) is -4.20. The Labute approximate surface area is 243 Å². The number of pyridine rings is 1. The van der Waals surface area contributed by atoms with Gasteiger partial charge in [0.1, 0.15) is 16.8 Å². The van der Waals surface area contributed by atoms with Gasteiger partial charge in [-0.25, -0.2) is 32.9 Å². The van der Waals surface area contributed by atoms with Gasteiger partial charge in [0.25, 0.3) is 0 Å². The molecule has 4 heterocycles. The molecule has 0 amide bonds. The van der Waals surface area contributed by atoms with E-state index in [1.165, 1.54) is 6.07 Å². The number of hydrogen-bond donors (Lipinski definition) is 3. The second kappa shape index (κ2) is 11.9. The number of nitrogens with two attached hydrogens (primary N) is 1. The number of nitrogens with zero attached hydrogens (tertiary/aromatic N) is 3.